The minimum absolute atomic E-state index is 0.101. The Morgan fingerprint density at radius 3 is 2.80 bits per heavy atom. The Hall–Kier alpha value is -2.14. The maximum Gasteiger partial charge on any atom is 0.272 e. The highest BCUT2D eigenvalue weighted by Gasteiger charge is 2.12. The van der Waals surface area contributed by atoms with E-state index in [1.54, 1.807) is 24.3 Å². The van der Waals surface area contributed by atoms with Crippen LogP contribution in [0.15, 0.2) is 39.7 Å². The molecular weight excluding hydrogens is 196 g/mol. The van der Waals surface area contributed by atoms with E-state index >= 15 is 0 Å². The van der Waals surface area contributed by atoms with Crippen LogP contribution in [0.2, 0.25) is 0 Å². The highest BCUT2D eigenvalue weighted by atomic mass is 16.3. The van der Waals surface area contributed by atoms with Crippen molar-refractivity contribution in [2.45, 2.75) is 0 Å². The number of nitrogens with two attached hydrogens (primary N) is 1. The van der Waals surface area contributed by atoms with Crippen LogP contribution in [0.3, 0.4) is 0 Å². The molecule has 0 spiro atoms. The van der Waals surface area contributed by atoms with Gasteiger partial charge in [0.15, 0.2) is 0 Å². The highest BCUT2D eigenvalue weighted by molar-refractivity contribution is 5.96. The van der Waals surface area contributed by atoms with Crippen LogP contribution in [0.1, 0.15) is 10.4 Å². The third-order valence-corrected chi connectivity index (χ3v) is 2.06. The number of fused-ring (bicyclic) bond motifs is 1. The number of benzene rings is 1. The third kappa shape index (κ3) is 1.49. The number of rotatable bonds is 1. The van der Waals surface area contributed by atoms with E-state index in [0.717, 1.165) is 6.26 Å². The van der Waals surface area contributed by atoms with Crippen LogP contribution in [-0.2, 0) is 0 Å². The van der Waals surface area contributed by atoms with E-state index in [4.69, 9.17) is 10.3 Å². The van der Waals surface area contributed by atoms with Crippen LogP contribution in [-0.4, -0.2) is 5.91 Å². The smallest absolute Gasteiger partial charge is 0.272 e. The van der Waals surface area contributed by atoms with Gasteiger partial charge in [0.05, 0.1) is 5.39 Å². The summed E-state index contributed by atoms with van der Waals surface area (Å²) in [4.78, 5) is 22.9. The van der Waals surface area contributed by atoms with E-state index < -0.39 is 5.91 Å². The summed E-state index contributed by atoms with van der Waals surface area (Å²) in [5, 5.41) is 0.360. The van der Waals surface area contributed by atoms with Crippen LogP contribution in [0.4, 0.5) is 0 Å². The quantitative estimate of drug-likeness (QED) is 0.400. The van der Waals surface area contributed by atoms with Gasteiger partial charge in [0.2, 0.25) is 5.43 Å². The Bertz CT molecular complexity index is 574. The van der Waals surface area contributed by atoms with E-state index in [1.165, 1.54) is 0 Å². The minimum Gasteiger partial charge on any atom is -0.463 e. The van der Waals surface area contributed by atoms with Crippen molar-refractivity contribution in [2.24, 2.45) is 5.84 Å². The largest absolute Gasteiger partial charge is 0.463 e. The van der Waals surface area contributed by atoms with Gasteiger partial charge in [-0.05, 0) is 12.1 Å². The maximum atomic E-state index is 11.8. The molecule has 0 saturated carbocycles. The minimum atomic E-state index is -0.658. The zero-order chi connectivity index (χ0) is 10.8. The van der Waals surface area contributed by atoms with Crippen molar-refractivity contribution in [1.82, 2.24) is 5.43 Å². The summed E-state index contributed by atoms with van der Waals surface area (Å²) in [6, 6.07) is 6.69. The van der Waals surface area contributed by atoms with E-state index in [0.29, 0.717) is 11.0 Å². The number of hydrogen-bond donors (Lipinski definition) is 2. The lowest BCUT2D eigenvalue weighted by Gasteiger charge is -1.99. The molecule has 15 heavy (non-hydrogen) atoms. The molecule has 2 rings (SSSR count). The second-order valence-electron chi connectivity index (χ2n) is 2.95. The number of nitrogens with one attached hydrogen (secondary N) is 1. The first-order valence-electron chi connectivity index (χ1n) is 4.25. The molecule has 5 heteroatoms. The summed E-state index contributed by atoms with van der Waals surface area (Å²) in [5.41, 5.74) is 1.84. The van der Waals surface area contributed by atoms with Crippen molar-refractivity contribution in [2.75, 3.05) is 0 Å². The van der Waals surface area contributed by atoms with Gasteiger partial charge in [0.25, 0.3) is 5.91 Å². The van der Waals surface area contributed by atoms with Gasteiger partial charge in [-0.15, -0.1) is 0 Å². The topological polar surface area (TPSA) is 85.3 Å². The molecule has 0 aliphatic carbocycles. The van der Waals surface area contributed by atoms with E-state index in [2.05, 4.69) is 0 Å². The number of carbonyl (C=O) groups is 1. The summed E-state index contributed by atoms with van der Waals surface area (Å²) >= 11 is 0. The lowest BCUT2D eigenvalue weighted by atomic mass is 10.2. The molecule has 76 valence electrons. The van der Waals surface area contributed by atoms with Crippen molar-refractivity contribution >= 4 is 16.9 Å². The molecule has 0 aliphatic heterocycles. The molecule has 0 aliphatic rings. The van der Waals surface area contributed by atoms with Gasteiger partial charge in [-0.3, -0.25) is 15.0 Å². The normalized spacial score (nSPS) is 10.2. The van der Waals surface area contributed by atoms with E-state index in [1.807, 2.05) is 5.43 Å². The van der Waals surface area contributed by atoms with Crippen molar-refractivity contribution in [3.63, 3.8) is 0 Å². The summed E-state index contributed by atoms with van der Waals surface area (Å²) in [5.74, 6) is 4.28. The highest BCUT2D eigenvalue weighted by Crippen LogP contribution is 2.09. The molecule has 1 aromatic heterocycles. The van der Waals surface area contributed by atoms with Crippen LogP contribution >= 0.6 is 0 Å². The average molecular weight is 204 g/mol. The molecular formula is C10H8N2O3. The molecule has 0 atom stereocenters. The lowest BCUT2D eigenvalue weighted by Crippen LogP contribution is -2.33. The second-order valence-corrected chi connectivity index (χ2v) is 2.95. The second kappa shape index (κ2) is 3.55. The molecule has 3 N–H and O–H groups in total. The van der Waals surface area contributed by atoms with Crippen LogP contribution in [0.25, 0.3) is 11.0 Å². The fourth-order valence-corrected chi connectivity index (χ4v) is 1.31. The van der Waals surface area contributed by atoms with Crippen molar-refractivity contribution < 1.29 is 9.21 Å². The first kappa shape index (κ1) is 9.42. The number of para-hydroxylation sites is 1. The molecule has 0 fully saturated rings. The zero-order valence-corrected chi connectivity index (χ0v) is 7.69. The van der Waals surface area contributed by atoms with Gasteiger partial charge < -0.3 is 4.42 Å². The monoisotopic (exact) mass is 204 g/mol. The Kier molecular flexibility index (Phi) is 2.23. The first-order chi connectivity index (χ1) is 7.24. The van der Waals surface area contributed by atoms with Crippen LogP contribution in [0.5, 0.6) is 0 Å². The predicted octanol–water partition coefficient (Wildman–Crippen LogP) is 0.397. The number of amides is 1. The average Bonchev–Trinajstić information content (AvgIpc) is 2.29. The van der Waals surface area contributed by atoms with Crippen LogP contribution in [0, 0.1) is 0 Å². The third-order valence-electron chi connectivity index (χ3n) is 2.06. The SMILES string of the molecule is NNC(=O)c1coc2ccccc2c1=O. The van der Waals surface area contributed by atoms with Gasteiger partial charge >= 0.3 is 0 Å². The summed E-state index contributed by atoms with van der Waals surface area (Å²) in [7, 11) is 0. The van der Waals surface area contributed by atoms with Crippen molar-refractivity contribution in [1.29, 1.82) is 0 Å². The maximum absolute atomic E-state index is 11.8. The molecule has 0 saturated heterocycles. The Balaban J connectivity index is 2.76. The molecule has 1 heterocycles. The number of hydrogen-bond acceptors (Lipinski definition) is 4. The van der Waals surface area contributed by atoms with Gasteiger partial charge in [-0.25, -0.2) is 5.84 Å². The molecule has 0 radical (unpaired) electrons. The summed E-state index contributed by atoms with van der Waals surface area (Å²) in [6.07, 6.45) is 1.10. The van der Waals surface area contributed by atoms with Gasteiger partial charge in [-0.2, -0.15) is 0 Å². The molecule has 0 unspecified atom stereocenters. The molecule has 2 aromatic rings. The number of hydrazine groups is 1. The van der Waals surface area contributed by atoms with Crippen LogP contribution < -0.4 is 16.7 Å². The van der Waals surface area contributed by atoms with Crippen molar-refractivity contribution in [3.8, 4) is 0 Å². The predicted molar refractivity (Wildman–Crippen MR) is 54.1 cm³/mol. The van der Waals surface area contributed by atoms with Gasteiger partial charge in [0.1, 0.15) is 17.4 Å². The lowest BCUT2D eigenvalue weighted by molar-refractivity contribution is 0.0951. The zero-order valence-electron chi connectivity index (χ0n) is 7.69. The molecule has 1 amide bonds. The molecule has 1 aromatic carbocycles. The Labute approximate surface area is 84.5 Å². The molecule has 5 nitrogen and oxygen atoms in total. The van der Waals surface area contributed by atoms with Gasteiger partial charge in [-0.1, -0.05) is 12.1 Å². The van der Waals surface area contributed by atoms with E-state index in [-0.39, 0.29) is 11.0 Å². The fraction of sp³-hybridized carbons (Fsp3) is 0. The number of carbonyl (C=O) groups excluding carboxylic acids is 1. The Morgan fingerprint density at radius 1 is 1.33 bits per heavy atom. The van der Waals surface area contributed by atoms with Gasteiger partial charge in [0, 0.05) is 0 Å². The van der Waals surface area contributed by atoms with E-state index in [9.17, 15) is 9.59 Å². The fourth-order valence-electron chi connectivity index (χ4n) is 1.31. The first-order valence-corrected chi connectivity index (χ1v) is 4.25. The number of nitrogen functional groups attached to an aromatic ring is 1. The Morgan fingerprint density at radius 2 is 2.07 bits per heavy atom. The summed E-state index contributed by atoms with van der Waals surface area (Å²) < 4.78 is 5.13. The standard InChI is InChI=1S/C10H8N2O3/c11-12-10(14)7-5-15-8-4-2-1-3-6(8)9(7)13/h1-5H,11H2,(H,12,14). The molecule has 0 bridgehead atoms. The van der Waals surface area contributed by atoms with Crippen molar-refractivity contribution in [3.05, 3.63) is 46.3 Å². The summed E-state index contributed by atoms with van der Waals surface area (Å²) in [6.45, 7) is 0.